The van der Waals surface area contributed by atoms with Crippen molar-refractivity contribution in [3.8, 4) is 0 Å². The van der Waals surface area contributed by atoms with Crippen molar-refractivity contribution in [3.63, 3.8) is 0 Å². The lowest BCUT2D eigenvalue weighted by Crippen LogP contribution is -2.33. The van der Waals surface area contributed by atoms with Crippen LogP contribution in [0.2, 0.25) is 0 Å². The Labute approximate surface area is 157 Å². The molecule has 0 radical (unpaired) electrons. The van der Waals surface area contributed by atoms with Crippen LogP contribution in [0.25, 0.3) is 5.57 Å². The molecule has 2 nitrogen and oxygen atoms in total. The van der Waals surface area contributed by atoms with Crippen molar-refractivity contribution in [2.24, 2.45) is 10.8 Å². The van der Waals surface area contributed by atoms with Crippen molar-refractivity contribution in [1.82, 2.24) is 0 Å². The lowest BCUT2D eigenvalue weighted by Gasteiger charge is -2.35. The molecule has 2 rings (SSSR count). The summed E-state index contributed by atoms with van der Waals surface area (Å²) in [5.74, 6) is -0.714. The minimum absolute atomic E-state index is 0.204. The molecule has 0 aromatic heterocycles. The predicted octanol–water partition coefficient (Wildman–Crippen LogP) is 6.43. The SMILES string of the molecule is CCC(C)(C=C(c1ccccc1)c1ccccc1)CC(C)(CC)C(=O)O. The molecule has 0 heterocycles. The first-order valence-electron chi connectivity index (χ1n) is 9.40. The number of carbonyl (C=O) groups is 1. The number of hydrogen-bond donors (Lipinski definition) is 1. The molecule has 0 aliphatic heterocycles. The number of benzene rings is 2. The van der Waals surface area contributed by atoms with Gasteiger partial charge < -0.3 is 5.11 Å². The first kappa shape index (κ1) is 20.0. The van der Waals surface area contributed by atoms with E-state index >= 15 is 0 Å². The second-order valence-corrected chi connectivity index (χ2v) is 7.69. The summed E-state index contributed by atoms with van der Waals surface area (Å²) in [4.78, 5) is 11.9. The molecule has 138 valence electrons. The van der Waals surface area contributed by atoms with Gasteiger partial charge in [-0.2, -0.15) is 0 Å². The van der Waals surface area contributed by atoms with Crippen molar-refractivity contribution in [3.05, 3.63) is 77.9 Å². The maximum Gasteiger partial charge on any atom is 0.309 e. The van der Waals surface area contributed by atoms with Gasteiger partial charge in [0.15, 0.2) is 0 Å². The summed E-state index contributed by atoms with van der Waals surface area (Å²) in [6.45, 7) is 8.14. The molecule has 0 saturated heterocycles. The second-order valence-electron chi connectivity index (χ2n) is 7.69. The Kier molecular flexibility index (Phi) is 6.42. The molecule has 2 aromatic carbocycles. The maximum absolute atomic E-state index is 11.9. The number of hydrogen-bond acceptors (Lipinski definition) is 1. The van der Waals surface area contributed by atoms with E-state index in [2.05, 4.69) is 44.2 Å². The molecule has 0 amide bonds. The van der Waals surface area contributed by atoms with Gasteiger partial charge in [-0.15, -0.1) is 0 Å². The highest BCUT2D eigenvalue weighted by atomic mass is 16.4. The zero-order valence-electron chi connectivity index (χ0n) is 16.3. The van der Waals surface area contributed by atoms with Gasteiger partial charge in [-0.3, -0.25) is 4.79 Å². The molecule has 0 aliphatic carbocycles. The van der Waals surface area contributed by atoms with Gasteiger partial charge in [-0.1, -0.05) is 87.5 Å². The average Bonchev–Trinajstić information content (AvgIpc) is 2.67. The quantitative estimate of drug-likeness (QED) is 0.596. The summed E-state index contributed by atoms with van der Waals surface area (Å²) >= 11 is 0. The number of carboxylic acid groups (broad SMARTS) is 1. The number of rotatable bonds is 8. The second kappa shape index (κ2) is 8.35. The molecule has 0 fully saturated rings. The van der Waals surface area contributed by atoms with Gasteiger partial charge in [-0.05, 0) is 48.3 Å². The van der Waals surface area contributed by atoms with Gasteiger partial charge >= 0.3 is 5.97 Å². The molecular formula is C24H30O2. The summed E-state index contributed by atoms with van der Waals surface area (Å²) in [6, 6.07) is 20.7. The van der Waals surface area contributed by atoms with Crippen LogP contribution in [0.3, 0.4) is 0 Å². The molecule has 0 bridgehead atoms. The third-order valence-corrected chi connectivity index (χ3v) is 5.56. The summed E-state index contributed by atoms with van der Waals surface area (Å²) in [7, 11) is 0. The van der Waals surface area contributed by atoms with E-state index in [4.69, 9.17) is 0 Å². The molecule has 0 aliphatic rings. The standard InChI is InChI=1S/C24H30O2/c1-5-23(3,18-24(4,6-2)22(25)26)17-21(19-13-9-7-10-14-19)20-15-11-8-12-16-20/h7-17H,5-6,18H2,1-4H3,(H,25,26). The third kappa shape index (κ3) is 4.63. The van der Waals surface area contributed by atoms with Gasteiger partial charge in [0.2, 0.25) is 0 Å². The molecular weight excluding hydrogens is 320 g/mol. The first-order chi connectivity index (χ1) is 12.3. The van der Waals surface area contributed by atoms with Crippen molar-refractivity contribution in [2.45, 2.75) is 47.0 Å². The van der Waals surface area contributed by atoms with Gasteiger partial charge in [-0.25, -0.2) is 0 Å². The summed E-state index contributed by atoms with van der Waals surface area (Å²) < 4.78 is 0. The molecule has 2 atom stereocenters. The predicted molar refractivity (Wildman–Crippen MR) is 109 cm³/mol. The molecule has 2 aromatic rings. The molecule has 2 heteroatoms. The van der Waals surface area contributed by atoms with Crippen LogP contribution in [0.5, 0.6) is 0 Å². The van der Waals surface area contributed by atoms with E-state index in [9.17, 15) is 9.90 Å². The lowest BCUT2D eigenvalue weighted by molar-refractivity contribution is -0.149. The van der Waals surface area contributed by atoms with Gasteiger partial charge in [0.05, 0.1) is 5.41 Å². The molecule has 2 unspecified atom stereocenters. The first-order valence-corrected chi connectivity index (χ1v) is 9.40. The Morgan fingerprint density at radius 2 is 1.35 bits per heavy atom. The van der Waals surface area contributed by atoms with Crippen molar-refractivity contribution in [1.29, 1.82) is 0 Å². The largest absolute Gasteiger partial charge is 0.481 e. The van der Waals surface area contributed by atoms with Crippen molar-refractivity contribution >= 4 is 11.5 Å². The Morgan fingerprint density at radius 3 is 1.69 bits per heavy atom. The highest BCUT2D eigenvalue weighted by molar-refractivity contribution is 5.80. The summed E-state index contributed by atoms with van der Waals surface area (Å²) in [5.41, 5.74) is 2.56. The van der Waals surface area contributed by atoms with E-state index < -0.39 is 11.4 Å². The molecule has 26 heavy (non-hydrogen) atoms. The highest BCUT2D eigenvalue weighted by Crippen LogP contribution is 2.42. The van der Waals surface area contributed by atoms with Crippen LogP contribution in [0.15, 0.2) is 66.7 Å². The van der Waals surface area contributed by atoms with Crippen LogP contribution in [-0.2, 0) is 4.79 Å². The Balaban J connectivity index is 2.54. The van der Waals surface area contributed by atoms with Crippen LogP contribution in [-0.4, -0.2) is 11.1 Å². The van der Waals surface area contributed by atoms with E-state index in [0.717, 1.165) is 17.5 Å². The van der Waals surface area contributed by atoms with Gasteiger partial charge in [0.1, 0.15) is 0 Å². The number of carboxylic acids is 1. The van der Waals surface area contributed by atoms with Crippen molar-refractivity contribution < 1.29 is 9.90 Å². The lowest BCUT2D eigenvalue weighted by atomic mass is 9.69. The maximum atomic E-state index is 11.9. The van der Waals surface area contributed by atoms with E-state index in [1.165, 1.54) is 5.57 Å². The van der Waals surface area contributed by atoms with E-state index in [1.54, 1.807) is 0 Å². The third-order valence-electron chi connectivity index (χ3n) is 5.56. The molecule has 0 saturated carbocycles. The van der Waals surface area contributed by atoms with Crippen LogP contribution < -0.4 is 0 Å². The Bertz CT molecular complexity index is 707. The highest BCUT2D eigenvalue weighted by Gasteiger charge is 2.38. The van der Waals surface area contributed by atoms with E-state index in [-0.39, 0.29) is 5.41 Å². The zero-order valence-corrected chi connectivity index (χ0v) is 16.3. The fraction of sp³-hybridized carbons (Fsp3) is 0.375. The minimum Gasteiger partial charge on any atom is -0.481 e. The van der Waals surface area contributed by atoms with Crippen LogP contribution in [0.4, 0.5) is 0 Å². The summed E-state index contributed by atoms with van der Waals surface area (Å²) in [5, 5.41) is 9.74. The fourth-order valence-electron chi connectivity index (χ4n) is 3.44. The Morgan fingerprint density at radius 1 is 0.885 bits per heavy atom. The molecule has 1 N–H and O–H groups in total. The Hall–Kier alpha value is -2.35. The van der Waals surface area contributed by atoms with E-state index in [0.29, 0.717) is 12.8 Å². The van der Waals surface area contributed by atoms with Crippen LogP contribution in [0.1, 0.15) is 58.1 Å². The average molecular weight is 351 g/mol. The van der Waals surface area contributed by atoms with Crippen LogP contribution >= 0.6 is 0 Å². The minimum atomic E-state index is -0.722. The van der Waals surface area contributed by atoms with Gasteiger partial charge in [0, 0.05) is 0 Å². The smallest absolute Gasteiger partial charge is 0.309 e. The number of aliphatic carboxylic acids is 1. The van der Waals surface area contributed by atoms with Crippen molar-refractivity contribution in [2.75, 3.05) is 0 Å². The normalized spacial score (nSPS) is 15.5. The van der Waals surface area contributed by atoms with E-state index in [1.807, 2.05) is 50.2 Å². The van der Waals surface area contributed by atoms with Crippen LogP contribution in [0, 0.1) is 10.8 Å². The zero-order chi connectivity index (χ0) is 19.2. The summed E-state index contributed by atoms with van der Waals surface area (Å²) in [6.07, 6.45) is 4.41. The monoisotopic (exact) mass is 350 g/mol. The van der Waals surface area contributed by atoms with Gasteiger partial charge in [0.25, 0.3) is 0 Å². The number of allylic oxidation sites excluding steroid dienone is 1. The topological polar surface area (TPSA) is 37.3 Å². The fourth-order valence-corrected chi connectivity index (χ4v) is 3.44. The molecule has 0 spiro atoms.